The smallest absolute Gasteiger partial charge is 0.294 e. The highest BCUT2D eigenvalue weighted by atomic mass is 35.5. The molecule has 0 radical (unpaired) electrons. The second kappa shape index (κ2) is 9.33. The van der Waals surface area contributed by atoms with E-state index in [9.17, 15) is 14.9 Å². The third-order valence-electron chi connectivity index (χ3n) is 3.53. The highest BCUT2D eigenvalue weighted by Gasteiger charge is 2.24. The maximum absolute atomic E-state index is 12.4. The lowest BCUT2D eigenvalue weighted by Crippen LogP contribution is -2.24. The van der Waals surface area contributed by atoms with Gasteiger partial charge in [-0.3, -0.25) is 24.9 Å². The Labute approximate surface area is 178 Å². The summed E-state index contributed by atoms with van der Waals surface area (Å²) in [6.07, 6.45) is 6.81. The van der Waals surface area contributed by atoms with Crippen LogP contribution < -0.4 is 5.32 Å². The van der Waals surface area contributed by atoms with E-state index in [-0.39, 0.29) is 26.5 Å². The molecule has 0 saturated heterocycles. The minimum Gasteiger partial charge on any atom is -0.351 e. The molecule has 0 aromatic carbocycles. The zero-order valence-electron chi connectivity index (χ0n) is 14.1. The Bertz CT molecular complexity index is 995. The SMILES string of the molecule is O=C(NCCc1cccnc1)c1cc([N+](=O)[O-])c(Sc2c(Cl)cncc2Cl)s1. The van der Waals surface area contributed by atoms with Crippen LogP contribution in [0.1, 0.15) is 15.2 Å². The summed E-state index contributed by atoms with van der Waals surface area (Å²) in [7, 11) is 0. The van der Waals surface area contributed by atoms with Crippen LogP contribution in [0.15, 0.2) is 52.1 Å². The second-order valence-electron chi connectivity index (χ2n) is 5.44. The van der Waals surface area contributed by atoms with Crippen LogP contribution in [-0.4, -0.2) is 27.3 Å². The fraction of sp³-hybridized carbons (Fsp3) is 0.118. The Morgan fingerprint density at radius 1 is 1.25 bits per heavy atom. The van der Waals surface area contributed by atoms with Crippen LogP contribution in [0, 0.1) is 10.1 Å². The van der Waals surface area contributed by atoms with E-state index in [2.05, 4.69) is 15.3 Å². The van der Waals surface area contributed by atoms with E-state index >= 15 is 0 Å². The number of pyridine rings is 2. The number of nitrogens with one attached hydrogen (secondary N) is 1. The number of amides is 1. The fourth-order valence-electron chi connectivity index (χ4n) is 2.22. The van der Waals surface area contributed by atoms with Crippen molar-refractivity contribution in [2.45, 2.75) is 15.5 Å². The third kappa shape index (κ3) is 4.99. The molecular formula is C17H12Cl2N4O3S2. The van der Waals surface area contributed by atoms with Gasteiger partial charge in [-0.1, -0.05) is 41.0 Å². The Balaban J connectivity index is 1.74. The summed E-state index contributed by atoms with van der Waals surface area (Å²) >= 11 is 14.2. The van der Waals surface area contributed by atoms with Gasteiger partial charge < -0.3 is 5.32 Å². The molecule has 0 unspecified atom stereocenters. The van der Waals surface area contributed by atoms with Gasteiger partial charge in [-0.25, -0.2) is 0 Å². The Kier molecular flexibility index (Phi) is 6.84. The number of hydrogen-bond acceptors (Lipinski definition) is 7. The van der Waals surface area contributed by atoms with E-state index in [0.29, 0.717) is 22.1 Å². The first-order valence-corrected chi connectivity index (χ1v) is 10.3. The van der Waals surface area contributed by atoms with Crippen LogP contribution in [0.5, 0.6) is 0 Å². The molecule has 3 rings (SSSR count). The predicted molar refractivity (Wildman–Crippen MR) is 110 cm³/mol. The standard InChI is InChI=1S/C17H12Cl2N4O3S2/c18-11-8-21-9-12(19)15(11)28-17-13(23(25)26)6-14(27-17)16(24)22-5-3-10-2-1-4-20-7-10/h1-2,4,6-9H,3,5H2,(H,22,24). The average Bonchev–Trinajstić information content (AvgIpc) is 3.10. The molecule has 11 heteroatoms. The molecule has 0 bridgehead atoms. The molecule has 3 aromatic heterocycles. The van der Waals surface area contributed by atoms with Crippen molar-refractivity contribution in [3.05, 3.63) is 73.6 Å². The van der Waals surface area contributed by atoms with Gasteiger partial charge in [-0.05, 0) is 18.1 Å². The molecule has 1 amide bonds. The molecule has 3 aromatic rings. The van der Waals surface area contributed by atoms with Crippen molar-refractivity contribution in [2.24, 2.45) is 0 Å². The summed E-state index contributed by atoms with van der Waals surface area (Å²) in [5, 5.41) is 14.7. The molecular weight excluding hydrogens is 443 g/mol. The number of thiophene rings is 1. The minimum absolute atomic E-state index is 0.170. The van der Waals surface area contributed by atoms with Gasteiger partial charge in [-0.15, -0.1) is 11.3 Å². The monoisotopic (exact) mass is 454 g/mol. The van der Waals surface area contributed by atoms with E-state index in [4.69, 9.17) is 23.2 Å². The van der Waals surface area contributed by atoms with Crippen LogP contribution in [0.25, 0.3) is 0 Å². The molecule has 1 N–H and O–H groups in total. The first-order chi connectivity index (χ1) is 13.5. The molecule has 28 heavy (non-hydrogen) atoms. The molecule has 0 atom stereocenters. The molecule has 0 spiro atoms. The lowest BCUT2D eigenvalue weighted by Gasteiger charge is -2.04. The van der Waals surface area contributed by atoms with Crippen LogP contribution in [0.3, 0.4) is 0 Å². The largest absolute Gasteiger partial charge is 0.351 e. The number of nitro groups is 1. The van der Waals surface area contributed by atoms with Crippen molar-refractivity contribution in [3.63, 3.8) is 0 Å². The van der Waals surface area contributed by atoms with E-state index in [0.717, 1.165) is 28.7 Å². The highest BCUT2D eigenvalue weighted by molar-refractivity contribution is 8.01. The van der Waals surface area contributed by atoms with Gasteiger partial charge in [0.1, 0.15) is 9.09 Å². The van der Waals surface area contributed by atoms with Crippen molar-refractivity contribution in [2.75, 3.05) is 6.54 Å². The first-order valence-electron chi connectivity index (χ1n) is 7.88. The van der Waals surface area contributed by atoms with Crippen molar-refractivity contribution >= 4 is 57.9 Å². The molecule has 0 aliphatic carbocycles. The summed E-state index contributed by atoms with van der Waals surface area (Å²) in [6.45, 7) is 0.390. The lowest BCUT2D eigenvalue weighted by molar-refractivity contribution is -0.387. The third-order valence-corrected chi connectivity index (χ3v) is 6.78. The number of hydrogen-bond donors (Lipinski definition) is 1. The van der Waals surface area contributed by atoms with E-state index in [1.54, 1.807) is 12.4 Å². The maximum atomic E-state index is 12.4. The Morgan fingerprint density at radius 2 is 2.00 bits per heavy atom. The zero-order chi connectivity index (χ0) is 20.1. The summed E-state index contributed by atoms with van der Waals surface area (Å²) in [5.74, 6) is -0.379. The number of aromatic nitrogens is 2. The van der Waals surface area contributed by atoms with Crippen LogP contribution in [0.4, 0.5) is 5.69 Å². The minimum atomic E-state index is -0.533. The van der Waals surface area contributed by atoms with Crippen LogP contribution in [0.2, 0.25) is 10.0 Å². The molecule has 7 nitrogen and oxygen atoms in total. The number of rotatable bonds is 7. The van der Waals surface area contributed by atoms with Gasteiger partial charge in [0.2, 0.25) is 0 Å². The zero-order valence-corrected chi connectivity index (χ0v) is 17.2. The van der Waals surface area contributed by atoms with Gasteiger partial charge in [0.05, 0.1) is 19.9 Å². The molecule has 0 aliphatic rings. The number of nitrogens with zero attached hydrogens (tertiary/aromatic N) is 3. The predicted octanol–water partition coefficient (Wildman–Crippen LogP) is 4.88. The van der Waals surface area contributed by atoms with Crippen molar-refractivity contribution in [3.8, 4) is 0 Å². The summed E-state index contributed by atoms with van der Waals surface area (Å²) in [5.41, 5.74) is 0.814. The number of carbonyl (C=O) groups excluding carboxylic acids is 1. The molecule has 144 valence electrons. The van der Waals surface area contributed by atoms with Crippen molar-refractivity contribution in [1.82, 2.24) is 15.3 Å². The topological polar surface area (TPSA) is 98.0 Å². The van der Waals surface area contributed by atoms with Gasteiger partial charge in [0.15, 0.2) is 0 Å². The average molecular weight is 455 g/mol. The second-order valence-corrected chi connectivity index (χ2v) is 8.59. The van der Waals surface area contributed by atoms with E-state index in [1.807, 2.05) is 12.1 Å². The maximum Gasteiger partial charge on any atom is 0.294 e. The summed E-state index contributed by atoms with van der Waals surface area (Å²) < 4.78 is 0.317. The molecule has 0 fully saturated rings. The molecule has 0 saturated carbocycles. The van der Waals surface area contributed by atoms with Gasteiger partial charge in [-0.2, -0.15) is 0 Å². The van der Waals surface area contributed by atoms with Crippen molar-refractivity contribution in [1.29, 1.82) is 0 Å². The summed E-state index contributed by atoms with van der Waals surface area (Å²) in [4.78, 5) is 31.8. The van der Waals surface area contributed by atoms with Gasteiger partial charge in [0, 0.05) is 37.4 Å². The normalized spacial score (nSPS) is 10.6. The van der Waals surface area contributed by atoms with E-state index in [1.165, 1.54) is 18.5 Å². The first kappa shape index (κ1) is 20.5. The number of halogens is 2. The van der Waals surface area contributed by atoms with E-state index < -0.39 is 4.92 Å². The molecule has 0 aliphatic heterocycles. The highest BCUT2D eigenvalue weighted by Crippen LogP contribution is 2.45. The fourth-order valence-corrected chi connectivity index (χ4v) is 5.00. The van der Waals surface area contributed by atoms with Crippen LogP contribution >= 0.6 is 46.3 Å². The summed E-state index contributed by atoms with van der Waals surface area (Å²) in [6, 6.07) is 4.99. The Hall–Kier alpha value is -2.20. The Morgan fingerprint density at radius 3 is 2.64 bits per heavy atom. The van der Waals surface area contributed by atoms with Crippen LogP contribution in [-0.2, 0) is 6.42 Å². The van der Waals surface area contributed by atoms with Gasteiger partial charge in [0.25, 0.3) is 11.6 Å². The molecule has 3 heterocycles. The number of carbonyl (C=O) groups is 1. The quantitative estimate of drug-likeness (QED) is 0.403. The van der Waals surface area contributed by atoms with Gasteiger partial charge >= 0.3 is 0 Å². The van der Waals surface area contributed by atoms with Crippen molar-refractivity contribution < 1.29 is 9.72 Å². The lowest BCUT2D eigenvalue weighted by atomic mass is 10.2.